The molecule has 1 aliphatic rings. The molecule has 1 aromatic carbocycles. The van der Waals surface area contributed by atoms with Gasteiger partial charge in [0.2, 0.25) is 0 Å². The molecular weight excluding hydrogens is 389 g/mol. The van der Waals surface area contributed by atoms with E-state index in [2.05, 4.69) is 20.9 Å². The van der Waals surface area contributed by atoms with E-state index in [0.717, 1.165) is 59.4 Å². The van der Waals surface area contributed by atoms with Gasteiger partial charge in [0.1, 0.15) is 11.9 Å². The van der Waals surface area contributed by atoms with Crippen molar-refractivity contribution in [2.75, 3.05) is 18.0 Å². The smallest absolute Gasteiger partial charge is 0.124 e. The molecule has 2 aromatic heterocycles. The maximum absolute atomic E-state index is 14.2. The van der Waals surface area contributed by atoms with E-state index in [1.165, 1.54) is 12.3 Å². The lowest BCUT2D eigenvalue weighted by Gasteiger charge is -2.34. The molecule has 0 bridgehead atoms. The average molecular weight is 414 g/mol. The van der Waals surface area contributed by atoms with Crippen LogP contribution in [-0.2, 0) is 0 Å². The summed E-state index contributed by atoms with van der Waals surface area (Å²) in [4.78, 5) is 10.9. The molecule has 156 valence electrons. The van der Waals surface area contributed by atoms with E-state index in [0.29, 0.717) is 5.56 Å². The Hall–Kier alpha value is -3.56. The molecular formula is C25H24FN5. The molecule has 0 saturated carbocycles. The number of nitriles is 1. The Balaban J connectivity index is 1.80. The lowest BCUT2D eigenvalue weighted by molar-refractivity contribution is 0.501. The number of anilines is 1. The van der Waals surface area contributed by atoms with Gasteiger partial charge in [-0.1, -0.05) is 18.2 Å². The minimum atomic E-state index is -0.262. The minimum absolute atomic E-state index is 0.205. The van der Waals surface area contributed by atoms with Crippen molar-refractivity contribution in [2.45, 2.75) is 25.8 Å². The zero-order valence-corrected chi connectivity index (χ0v) is 17.4. The van der Waals surface area contributed by atoms with Crippen LogP contribution in [-0.4, -0.2) is 29.1 Å². The first-order valence-corrected chi connectivity index (χ1v) is 10.3. The van der Waals surface area contributed by atoms with Gasteiger partial charge in [-0.3, -0.25) is 9.97 Å². The van der Waals surface area contributed by atoms with E-state index >= 15 is 0 Å². The Morgan fingerprint density at radius 3 is 2.58 bits per heavy atom. The molecule has 0 radical (unpaired) electrons. The number of aromatic nitrogens is 2. The Morgan fingerprint density at radius 1 is 1.06 bits per heavy atom. The van der Waals surface area contributed by atoms with Crippen molar-refractivity contribution in [3.8, 4) is 17.2 Å². The Kier molecular flexibility index (Phi) is 6.06. The van der Waals surface area contributed by atoms with E-state index < -0.39 is 0 Å². The van der Waals surface area contributed by atoms with Gasteiger partial charge in [0.15, 0.2) is 0 Å². The summed E-state index contributed by atoms with van der Waals surface area (Å²) in [6.07, 6.45) is 12.6. The van der Waals surface area contributed by atoms with Crippen LogP contribution >= 0.6 is 0 Å². The fourth-order valence-corrected chi connectivity index (χ4v) is 3.97. The largest absolute Gasteiger partial charge is 0.370 e. The average Bonchev–Trinajstić information content (AvgIpc) is 2.77. The number of nitrogens with two attached hydrogens (primary N) is 1. The Labute approximate surface area is 181 Å². The third-order valence-corrected chi connectivity index (χ3v) is 5.50. The maximum Gasteiger partial charge on any atom is 0.124 e. The van der Waals surface area contributed by atoms with Gasteiger partial charge in [-0.15, -0.1) is 0 Å². The number of hydrogen-bond acceptors (Lipinski definition) is 5. The van der Waals surface area contributed by atoms with Crippen LogP contribution < -0.4 is 10.6 Å². The van der Waals surface area contributed by atoms with Crippen molar-refractivity contribution in [1.29, 1.82) is 5.26 Å². The van der Waals surface area contributed by atoms with Crippen molar-refractivity contribution in [1.82, 2.24) is 9.97 Å². The number of hydrogen-bond donors (Lipinski definition) is 1. The van der Waals surface area contributed by atoms with E-state index in [4.69, 9.17) is 11.0 Å². The molecule has 2 N–H and O–H groups in total. The van der Waals surface area contributed by atoms with Crippen molar-refractivity contribution < 1.29 is 4.39 Å². The number of nitrogens with zero attached hydrogens (tertiary/aromatic N) is 4. The third kappa shape index (κ3) is 4.79. The van der Waals surface area contributed by atoms with Crippen molar-refractivity contribution in [3.05, 3.63) is 77.1 Å². The number of benzene rings is 1. The molecule has 0 amide bonds. The van der Waals surface area contributed by atoms with Crippen LogP contribution in [0.3, 0.4) is 0 Å². The molecule has 1 aliphatic heterocycles. The minimum Gasteiger partial charge on any atom is -0.370 e. The summed E-state index contributed by atoms with van der Waals surface area (Å²) in [5, 5.41) is 9.12. The Bertz CT molecular complexity index is 1140. The quantitative estimate of drug-likeness (QED) is 0.678. The van der Waals surface area contributed by atoms with Gasteiger partial charge in [-0.25, -0.2) is 4.39 Å². The number of piperidine rings is 1. The maximum atomic E-state index is 14.2. The van der Waals surface area contributed by atoms with Gasteiger partial charge >= 0.3 is 0 Å². The highest BCUT2D eigenvalue weighted by Crippen LogP contribution is 2.36. The molecule has 0 aliphatic carbocycles. The summed E-state index contributed by atoms with van der Waals surface area (Å²) in [6.45, 7) is 3.55. The second-order valence-corrected chi connectivity index (χ2v) is 7.92. The van der Waals surface area contributed by atoms with Crippen LogP contribution in [0.2, 0.25) is 0 Å². The highest BCUT2D eigenvalue weighted by Gasteiger charge is 2.22. The number of aryl methyl sites for hydroxylation is 1. The molecule has 3 heterocycles. The van der Waals surface area contributed by atoms with Crippen molar-refractivity contribution >= 4 is 17.8 Å². The fraction of sp³-hybridized carbons (Fsp3) is 0.240. The number of halogens is 1. The van der Waals surface area contributed by atoms with E-state index in [-0.39, 0.29) is 11.9 Å². The van der Waals surface area contributed by atoms with Crippen LogP contribution in [0, 0.1) is 24.1 Å². The first-order valence-electron chi connectivity index (χ1n) is 10.3. The van der Waals surface area contributed by atoms with Crippen LogP contribution in [0.15, 0.2) is 49.1 Å². The topological polar surface area (TPSA) is 78.8 Å². The summed E-state index contributed by atoms with van der Waals surface area (Å²) in [5.41, 5.74) is 12.0. The summed E-state index contributed by atoms with van der Waals surface area (Å²) in [7, 11) is 0. The van der Waals surface area contributed by atoms with Gasteiger partial charge in [-0.05, 0) is 54.7 Å². The third-order valence-electron chi connectivity index (χ3n) is 5.50. The zero-order valence-electron chi connectivity index (χ0n) is 17.4. The number of rotatable bonds is 4. The highest BCUT2D eigenvalue weighted by molar-refractivity contribution is 5.87. The van der Waals surface area contributed by atoms with Crippen molar-refractivity contribution in [3.63, 3.8) is 0 Å². The van der Waals surface area contributed by atoms with Crippen LogP contribution in [0.4, 0.5) is 10.1 Å². The summed E-state index contributed by atoms with van der Waals surface area (Å²) >= 11 is 0. The van der Waals surface area contributed by atoms with Gasteiger partial charge < -0.3 is 10.6 Å². The van der Waals surface area contributed by atoms with E-state index in [1.54, 1.807) is 24.5 Å². The predicted molar refractivity (Wildman–Crippen MR) is 122 cm³/mol. The SMILES string of the molecule is Cc1cc(F)cc(-c2cncc(C=Cc3cncc(C#N)c3)c2N2CCC(N)CC2)c1. The normalized spacial score (nSPS) is 14.7. The summed E-state index contributed by atoms with van der Waals surface area (Å²) in [6, 6.07) is 9.16. The first-order chi connectivity index (χ1) is 15.0. The van der Waals surface area contributed by atoms with Crippen molar-refractivity contribution in [2.24, 2.45) is 5.73 Å². The molecule has 0 spiro atoms. The molecule has 3 aromatic rings. The molecule has 0 unspecified atom stereocenters. The standard InChI is InChI=1S/C25H24FN5/c1-17-8-21(11-22(26)9-17)24-16-30-15-20(25(24)31-6-4-23(28)5-7-31)3-2-18-10-19(12-27)14-29-13-18/h2-3,8-11,13-16,23H,4-7,28H2,1H3. The van der Waals surface area contributed by atoms with Gasteiger partial charge in [0.25, 0.3) is 0 Å². The van der Waals surface area contributed by atoms with E-state index in [1.807, 2.05) is 31.3 Å². The summed E-state index contributed by atoms with van der Waals surface area (Å²) < 4.78 is 14.2. The van der Waals surface area contributed by atoms with Gasteiger partial charge in [-0.2, -0.15) is 5.26 Å². The monoisotopic (exact) mass is 413 g/mol. The molecule has 1 saturated heterocycles. The molecule has 1 fully saturated rings. The predicted octanol–water partition coefficient (Wildman–Crippen LogP) is 4.56. The second-order valence-electron chi connectivity index (χ2n) is 7.92. The first kappa shape index (κ1) is 20.7. The molecule has 0 atom stereocenters. The van der Waals surface area contributed by atoms with Crippen LogP contribution in [0.25, 0.3) is 23.3 Å². The highest BCUT2D eigenvalue weighted by atomic mass is 19.1. The fourth-order valence-electron chi connectivity index (χ4n) is 3.97. The van der Waals surface area contributed by atoms with Crippen LogP contribution in [0.5, 0.6) is 0 Å². The molecule has 4 rings (SSSR count). The Morgan fingerprint density at radius 2 is 1.84 bits per heavy atom. The second kappa shape index (κ2) is 9.07. The van der Waals surface area contributed by atoms with E-state index in [9.17, 15) is 4.39 Å². The molecule has 31 heavy (non-hydrogen) atoms. The lowest BCUT2D eigenvalue weighted by atomic mass is 9.97. The lowest BCUT2D eigenvalue weighted by Crippen LogP contribution is -2.40. The van der Waals surface area contributed by atoms with Crippen LogP contribution in [0.1, 0.15) is 35.1 Å². The zero-order chi connectivity index (χ0) is 21.8. The molecule has 6 heteroatoms. The summed E-state index contributed by atoms with van der Waals surface area (Å²) in [5.74, 6) is -0.262. The number of pyridine rings is 2. The van der Waals surface area contributed by atoms with Gasteiger partial charge in [0.05, 0.1) is 11.3 Å². The molecule has 5 nitrogen and oxygen atoms in total. The van der Waals surface area contributed by atoms with Gasteiger partial charge in [0, 0.05) is 55.0 Å².